The average Bonchev–Trinajstić information content (AvgIpc) is 3.21. The van der Waals surface area contributed by atoms with Gasteiger partial charge in [0, 0.05) is 12.5 Å². The van der Waals surface area contributed by atoms with Gasteiger partial charge in [0.05, 0.1) is 0 Å². The van der Waals surface area contributed by atoms with Crippen LogP contribution in [-0.2, 0) is 0 Å². The summed E-state index contributed by atoms with van der Waals surface area (Å²) in [6.07, 6.45) is 9.86. The zero-order valence-electron chi connectivity index (χ0n) is 16.6. The molecule has 0 fully saturated rings. The standard InChI is InChI=1S/C25H29NO/c1-4-24(20-10-8-9-11-20)25(21-12-6-5-7-13-21)22-14-16-23(17-15-22)27-19-18-26(2)3/h5-17,20H,4,18-19H2,1-3H3/b25-24-. The second-order valence-corrected chi connectivity index (χ2v) is 7.09. The van der Waals surface area contributed by atoms with Crippen molar-refractivity contribution in [3.05, 3.63) is 95.6 Å². The van der Waals surface area contributed by atoms with Crippen molar-refractivity contribution in [3.8, 4) is 5.75 Å². The summed E-state index contributed by atoms with van der Waals surface area (Å²) in [6, 6.07) is 19.2. The lowest BCUT2D eigenvalue weighted by molar-refractivity contribution is 0.261. The molecular weight excluding hydrogens is 330 g/mol. The van der Waals surface area contributed by atoms with E-state index >= 15 is 0 Å². The van der Waals surface area contributed by atoms with Crippen molar-refractivity contribution in [3.63, 3.8) is 0 Å². The highest BCUT2D eigenvalue weighted by atomic mass is 16.5. The molecule has 0 spiro atoms. The number of likely N-dealkylation sites (N-methyl/N-ethyl adjacent to an activating group) is 1. The van der Waals surface area contributed by atoms with Gasteiger partial charge in [0.2, 0.25) is 0 Å². The third kappa shape index (κ3) is 4.99. The van der Waals surface area contributed by atoms with Crippen molar-refractivity contribution in [2.24, 2.45) is 5.92 Å². The topological polar surface area (TPSA) is 12.5 Å². The molecule has 0 amide bonds. The summed E-state index contributed by atoms with van der Waals surface area (Å²) in [5.74, 6) is 1.30. The molecule has 0 saturated heterocycles. The Balaban J connectivity index is 1.94. The van der Waals surface area contributed by atoms with Crippen LogP contribution in [0.4, 0.5) is 0 Å². The van der Waals surface area contributed by atoms with E-state index in [9.17, 15) is 0 Å². The summed E-state index contributed by atoms with van der Waals surface area (Å²) in [5, 5.41) is 0. The third-order valence-electron chi connectivity index (χ3n) is 4.87. The van der Waals surface area contributed by atoms with Crippen molar-refractivity contribution in [2.45, 2.75) is 13.3 Å². The van der Waals surface area contributed by atoms with Crippen molar-refractivity contribution in [2.75, 3.05) is 27.2 Å². The molecule has 1 aliphatic rings. The Morgan fingerprint density at radius 3 is 2.11 bits per heavy atom. The first-order chi connectivity index (χ1) is 13.2. The Kier molecular flexibility index (Phi) is 6.67. The molecule has 2 heteroatoms. The van der Waals surface area contributed by atoms with E-state index in [0.29, 0.717) is 12.5 Å². The summed E-state index contributed by atoms with van der Waals surface area (Å²) in [6.45, 7) is 3.86. The van der Waals surface area contributed by atoms with Gasteiger partial charge in [0.1, 0.15) is 12.4 Å². The van der Waals surface area contributed by atoms with Crippen LogP contribution in [0.2, 0.25) is 0 Å². The molecule has 2 aromatic rings. The summed E-state index contributed by atoms with van der Waals surface area (Å²) >= 11 is 0. The van der Waals surface area contributed by atoms with E-state index in [1.165, 1.54) is 22.3 Å². The zero-order valence-corrected chi connectivity index (χ0v) is 16.6. The van der Waals surface area contributed by atoms with Gasteiger partial charge < -0.3 is 9.64 Å². The van der Waals surface area contributed by atoms with Gasteiger partial charge in [0.25, 0.3) is 0 Å². The van der Waals surface area contributed by atoms with Gasteiger partial charge in [-0.1, -0.05) is 79.3 Å². The number of allylic oxidation sites excluding steroid dienone is 5. The molecule has 0 unspecified atom stereocenters. The van der Waals surface area contributed by atoms with E-state index in [1.807, 2.05) is 0 Å². The average molecular weight is 360 g/mol. The molecule has 3 rings (SSSR count). The molecule has 0 bridgehead atoms. The minimum Gasteiger partial charge on any atom is -0.492 e. The molecular formula is C25H29NO. The lowest BCUT2D eigenvalue weighted by atomic mass is 9.85. The molecule has 0 radical (unpaired) electrons. The van der Waals surface area contributed by atoms with Crippen LogP contribution in [0, 0.1) is 5.92 Å². The lowest BCUT2D eigenvalue weighted by Gasteiger charge is -2.19. The summed E-state index contributed by atoms with van der Waals surface area (Å²) in [7, 11) is 4.11. The first kappa shape index (κ1) is 19.2. The Morgan fingerprint density at radius 2 is 1.52 bits per heavy atom. The smallest absolute Gasteiger partial charge is 0.119 e. The van der Waals surface area contributed by atoms with Crippen LogP contribution in [0.25, 0.3) is 5.57 Å². The monoisotopic (exact) mass is 359 g/mol. The fourth-order valence-electron chi connectivity index (χ4n) is 3.45. The Bertz CT molecular complexity index is 801. The molecule has 27 heavy (non-hydrogen) atoms. The number of ether oxygens (including phenoxy) is 1. The maximum absolute atomic E-state index is 5.86. The van der Waals surface area contributed by atoms with Crippen molar-refractivity contribution in [1.82, 2.24) is 4.90 Å². The largest absolute Gasteiger partial charge is 0.492 e. The molecule has 0 aliphatic heterocycles. The van der Waals surface area contributed by atoms with E-state index in [-0.39, 0.29) is 0 Å². The first-order valence-electron chi connectivity index (χ1n) is 9.70. The fraction of sp³-hybridized carbons (Fsp3) is 0.280. The van der Waals surface area contributed by atoms with Crippen LogP contribution in [0.1, 0.15) is 24.5 Å². The van der Waals surface area contributed by atoms with Crippen LogP contribution in [0.15, 0.2) is 84.5 Å². The summed E-state index contributed by atoms with van der Waals surface area (Å²) in [5.41, 5.74) is 5.29. The van der Waals surface area contributed by atoms with Crippen molar-refractivity contribution >= 4 is 5.57 Å². The van der Waals surface area contributed by atoms with Gasteiger partial charge in [-0.2, -0.15) is 0 Å². The van der Waals surface area contributed by atoms with Crippen molar-refractivity contribution < 1.29 is 4.74 Å². The maximum Gasteiger partial charge on any atom is 0.119 e. The highest BCUT2D eigenvalue weighted by Crippen LogP contribution is 2.35. The van der Waals surface area contributed by atoms with Crippen LogP contribution < -0.4 is 4.74 Å². The van der Waals surface area contributed by atoms with E-state index in [2.05, 4.69) is 105 Å². The maximum atomic E-state index is 5.86. The SMILES string of the molecule is CC/C(=C(\c1ccccc1)c1ccc(OCCN(C)C)cc1)C1C=CC=C1. The van der Waals surface area contributed by atoms with Gasteiger partial charge in [-0.3, -0.25) is 0 Å². The van der Waals surface area contributed by atoms with E-state index in [0.717, 1.165) is 18.7 Å². The lowest BCUT2D eigenvalue weighted by Crippen LogP contribution is -2.19. The fourth-order valence-corrected chi connectivity index (χ4v) is 3.45. The van der Waals surface area contributed by atoms with Crippen LogP contribution in [0.5, 0.6) is 5.75 Å². The molecule has 2 aromatic carbocycles. The Labute approximate surface area is 163 Å². The molecule has 140 valence electrons. The van der Waals surface area contributed by atoms with E-state index in [1.54, 1.807) is 0 Å². The third-order valence-corrected chi connectivity index (χ3v) is 4.87. The Hall–Kier alpha value is -2.58. The van der Waals surface area contributed by atoms with Crippen LogP contribution in [0.3, 0.4) is 0 Å². The Morgan fingerprint density at radius 1 is 0.889 bits per heavy atom. The second-order valence-electron chi connectivity index (χ2n) is 7.09. The number of nitrogens with zero attached hydrogens (tertiary/aromatic N) is 1. The quantitative estimate of drug-likeness (QED) is 0.610. The molecule has 0 N–H and O–H groups in total. The zero-order chi connectivity index (χ0) is 19.1. The van der Waals surface area contributed by atoms with Gasteiger partial charge in [-0.15, -0.1) is 0 Å². The number of rotatable bonds is 8. The highest BCUT2D eigenvalue weighted by Gasteiger charge is 2.17. The van der Waals surface area contributed by atoms with E-state index < -0.39 is 0 Å². The molecule has 0 saturated carbocycles. The van der Waals surface area contributed by atoms with Gasteiger partial charge in [0.15, 0.2) is 0 Å². The minimum atomic E-state index is 0.376. The molecule has 0 aromatic heterocycles. The number of hydrogen-bond donors (Lipinski definition) is 0. The van der Waals surface area contributed by atoms with Gasteiger partial charge in [-0.05, 0) is 49.3 Å². The predicted molar refractivity (Wildman–Crippen MR) is 115 cm³/mol. The van der Waals surface area contributed by atoms with Gasteiger partial charge >= 0.3 is 0 Å². The summed E-state index contributed by atoms with van der Waals surface area (Å²) < 4.78 is 5.86. The van der Waals surface area contributed by atoms with E-state index in [4.69, 9.17) is 4.74 Å². The normalized spacial score (nSPS) is 14.7. The molecule has 2 nitrogen and oxygen atoms in total. The first-order valence-corrected chi connectivity index (χ1v) is 9.70. The summed E-state index contributed by atoms with van der Waals surface area (Å²) in [4.78, 5) is 2.13. The van der Waals surface area contributed by atoms with Crippen molar-refractivity contribution in [1.29, 1.82) is 0 Å². The highest BCUT2D eigenvalue weighted by molar-refractivity contribution is 5.83. The number of benzene rings is 2. The van der Waals surface area contributed by atoms with Crippen LogP contribution >= 0.6 is 0 Å². The van der Waals surface area contributed by atoms with Crippen LogP contribution in [-0.4, -0.2) is 32.1 Å². The second kappa shape index (κ2) is 9.38. The van der Waals surface area contributed by atoms with Gasteiger partial charge in [-0.25, -0.2) is 0 Å². The molecule has 0 atom stereocenters. The minimum absolute atomic E-state index is 0.376. The number of hydrogen-bond acceptors (Lipinski definition) is 2. The molecule has 1 aliphatic carbocycles. The predicted octanol–water partition coefficient (Wildman–Crippen LogP) is 5.58. The molecule has 0 heterocycles.